The van der Waals surface area contributed by atoms with E-state index in [1.807, 2.05) is 19.1 Å². The summed E-state index contributed by atoms with van der Waals surface area (Å²) in [6, 6.07) is 6.07. The number of aliphatic hydroxyl groups excluding tert-OH is 1. The first-order valence-electron chi connectivity index (χ1n) is 5.01. The summed E-state index contributed by atoms with van der Waals surface area (Å²) in [7, 11) is 0. The van der Waals surface area contributed by atoms with Gasteiger partial charge in [0.15, 0.2) is 0 Å². The van der Waals surface area contributed by atoms with Crippen LogP contribution < -0.4 is 5.73 Å². The third kappa shape index (κ3) is 1.97. The molecule has 1 atom stereocenters. The van der Waals surface area contributed by atoms with Crippen molar-refractivity contribution in [2.24, 2.45) is 5.73 Å². The van der Waals surface area contributed by atoms with Gasteiger partial charge in [-0.3, -0.25) is 0 Å². The van der Waals surface area contributed by atoms with Crippen molar-refractivity contribution in [3.05, 3.63) is 34.9 Å². The van der Waals surface area contributed by atoms with Gasteiger partial charge in [-0.2, -0.15) is 0 Å². The number of aliphatic hydroxyl groups is 1. The fourth-order valence-corrected chi connectivity index (χ4v) is 1.79. The third-order valence-corrected chi connectivity index (χ3v) is 2.71. The minimum absolute atomic E-state index is 0.0244. The predicted molar refractivity (Wildman–Crippen MR) is 59.2 cm³/mol. The van der Waals surface area contributed by atoms with Gasteiger partial charge in [0.2, 0.25) is 0 Å². The van der Waals surface area contributed by atoms with Crippen molar-refractivity contribution in [2.45, 2.75) is 32.7 Å². The largest absolute Gasteiger partial charge is 0.394 e. The summed E-state index contributed by atoms with van der Waals surface area (Å²) in [6.07, 6.45) is 0.953. The fourth-order valence-electron chi connectivity index (χ4n) is 1.79. The van der Waals surface area contributed by atoms with E-state index in [0.717, 1.165) is 12.0 Å². The van der Waals surface area contributed by atoms with Gasteiger partial charge in [0.05, 0.1) is 12.1 Å². The number of hydrogen-bond acceptors (Lipinski definition) is 2. The Kier molecular flexibility index (Phi) is 3.29. The Morgan fingerprint density at radius 2 is 2.07 bits per heavy atom. The smallest absolute Gasteiger partial charge is 0.0650 e. The molecule has 0 spiro atoms. The Morgan fingerprint density at radius 1 is 1.43 bits per heavy atom. The highest BCUT2D eigenvalue weighted by atomic mass is 16.3. The van der Waals surface area contributed by atoms with Crippen molar-refractivity contribution >= 4 is 0 Å². The third-order valence-electron chi connectivity index (χ3n) is 2.71. The Labute approximate surface area is 85.8 Å². The van der Waals surface area contributed by atoms with Crippen molar-refractivity contribution in [1.29, 1.82) is 0 Å². The zero-order chi connectivity index (χ0) is 10.8. The normalized spacial score (nSPS) is 15.2. The molecule has 0 unspecified atom stereocenters. The van der Waals surface area contributed by atoms with Crippen LogP contribution in [0.5, 0.6) is 0 Å². The lowest BCUT2D eigenvalue weighted by Crippen LogP contribution is -2.38. The first-order chi connectivity index (χ1) is 6.53. The van der Waals surface area contributed by atoms with Gasteiger partial charge in [-0.1, -0.05) is 25.1 Å². The van der Waals surface area contributed by atoms with Crippen LogP contribution >= 0.6 is 0 Å². The van der Waals surface area contributed by atoms with E-state index in [9.17, 15) is 5.11 Å². The van der Waals surface area contributed by atoms with Gasteiger partial charge in [-0.25, -0.2) is 0 Å². The van der Waals surface area contributed by atoms with Crippen LogP contribution in [0, 0.1) is 6.92 Å². The molecular weight excluding hydrogens is 174 g/mol. The average Bonchev–Trinajstić information content (AvgIpc) is 2.17. The van der Waals surface area contributed by atoms with Crippen molar-refractivity contribution in [3.63, 3.8) is 0 Å². The minimum Gasteiger partial charge on any atom is -0.394 e. The van der Waals surface area contributed by atoms with Gasteiger partial charge in [0.25, 0.3) is 0 Å². The maximum absolute atomic E-state index is 9.23. The zero-order valence-corrected chi connectivity index (χ0v) is 9.17. The lowest BCUT2D eigenvalue weighted by Gasteiger charge is -2.26. The Balaban J connectivity index is 3.27. The van der Waals surface area contributed by atoms with E-state index in [0.29, 0.717) is 0 Å². The second-order valence-electron chi connectivity index (χ2n) is 4.03. The molecule has 1 aromatic rings. The Morgan fingerprint density at radius 3 is 2.57 bits per heavy atom. The second kappa shape index (κ2) is 4.11. The lowest BCUT2D eigenvalue weighted by atomic mass is 9.87. The number of nitrogens with two attached hydrogens (primary N) is 1. The van der Waals surface area contributed by atoms with Crippen LogP contribution in [0.3, 0.4) is 0 Å². The molecule has 0 aliphatic heterocycles. The monoisotopic (exact) mass is 193 g/mol. The van der Waals surface area contributed by atoms with Gasteiger partial charge in [-0.05, 0) is 37.0 Å². The Hall–Kier alpha value is -0.860. The highest BCUT2D eigenvalue weighted by molar-refractivity contribution is 5.38. The van der Waals surface area contributed by atoms with Crippen LogP contribution in [-0.4, -0.2) is 11.7 Å². The first-order valence-corrected chi connectivity index (χ1v) is 5.01. The maximum atomic E-state index is 9.23. The van der Waals surface area contributed by atoms with Gasteiger partial charge in [0.1, 0.15) is 0 Å². The summed E-state index contributed by atoms with van der Waals surface area (Å²) in [5.74, 6) is 0. The minimum atomic E-state index is -0.628. The number of benzene rings is 1. The van der Waals surface area contributed by atoms with Crippen molar-refractivity contribution in [3.8, 4) is 0 Å². The molecule has 14 heavy (non-hydrogen) atoms. The SMILES string of the molecule is CCc1c(C)cccc1[C@](C)(N)CO. The molecule has 0 saturated heterocycles. The highest BCUT2D eigenvalue weighted by Gasteiger charge is 2.22. The van der Waals surface area contributed by atoms with Crippen molar-refractivity contribution < 1.29 is 5.11 Å². The second-order valence-corrected chi connectivity index (χ2v) is 4.03. The van der Waals surface area contributed by atoms with Gasteiger partial charge < -0.3 is 10.8 Å². The van der Waals surface area contributed by atoms with Crippen LogP contribution in [-0.2, 0) is 12.0 Å². The van der Waals surface area contributed by atoms with Gasteiger partial charge >= 0.3 is 0 Å². The summed E-state index contributed by atoms with van der Waals surface area (Å²) >= 11 is 0. The average molecular weight is 193 g/mol. The lowest BCUT2D eigenvalue weighted by molar-refractivity contribution is 0.209. The molecule has 3 N–H and O–H groups in total. The standard InChI is InChI=1S/C12H19NO/c1-4-10-9(2)6-5-7-11(10)12(3,13)8-14/h5-7,14H,4,8,13H2,1-3H3/t12-/m1/s1. The van der Waals surface area contributed by atoms with E-state index in [4.69, 9.17) is 5.73 Å². The molecule has 2 nitrogen and oxygen atoms in total. The highest BCUT2D eigenvalue weighted by Crippen LogP contribution is 2.24. The molecular formula is C12H19NO. The Bertz CT molecular complexity index is 318. The summed E-state index contributed by atoms with van der Waals surface area (Å²) in [5.41, 5.74) is 8.96. The van der Waals surface area contributed by atoms with Crippen molar-refractivity contribution in [1.82, 2.24) is 0 Å². The molecule has 0 amide bonds. The molecule has 0 aliphatic carbocycles. The fraction of sp³-hybridized carbons (Fsp3) is 0.500. The maximum Gasteiger partial charge on any atom is 0.0650 e. The molecule has 0 saturated carbocycles. The summed E-state index contributed by atoms with van der Waals surface area (Å²) < 4.78 is 0. The number of aryl methyl sites for hydroxylation is 1. The number of rotatable bonds is 3. The quantitative estimate of drug-likeness (QED) is 0.768. The number of hydrogen-bond donors (Lipinski definition) is 2. The molecule has 2 heteroatoms. The topological polar surface area (TPSA) is 46.2 Å². The van der Waals surface area contributed by atoms with E-state index in [1.54, 1.807) is 0 Å². The van der Waals surface area contributed by atoms with E-state index in [-0.39, 0.29) is 6.61 Å². The molecule has 1 rings (SSSR count). The van der Waals surface area contributed by atoms with Crippen molar-refractivity contribution in [2.75, 3.05) is 6.61 Å². The molecule has 78 valence electrons. The van der Waals surface area contributed by atoms with Crippen LogP contribution in [0.15, 0.2) is 18.2 Å². The summed E-state index contributed by atoms with van der Waals surface area (Å²) in [5, 5.41) is 9.23. The molecule has 0 heterocycles. The summed E-state index contributed by atoms with van der Waals surface area (Å²) in [6.45, 7) is 6.03. The molecule has 0 aromatic heterocycles. The first kappa shape index (κ1) is 11.2. The predicted octanol–water partition coefficient (Wildman–Crippen LogP) is 1.72. The zero-order valence-electron chi connectivity index (χ0n) is 9.17. The van der Waals surface area contributed by atoms with Gasteiger partial charge in [0, 0.05) is 0 Å². The van der Waals surface area contributed by atoms with E-state index < -0.39 is 5.54 Å². The molecule has 1 aromatic carbocycles. The van der Waals surface area contributed by atoms with Crippen LogP contribution in [0.4, 0.5) is 0 Å². The summed E-state index contributed by atoms with van der Waals surface area (Å²) in [4.78, 5) is 0. The molecule has 0 aliphatic rings. The van der Waals surface area contributed by atoms with E-state index in [2.05, 4.69) is 19.9 Å². The van der Waals surface area contributed by atoms with E-state index in [1.165, 1.54) is 11.1 Å². The van der Waals surface area contributed by atoms with Crippen LogP contribution in [0.1, 0.15) is 30.5 Å². The molecule has 0 radical (unpaired) electrons. The molecule has 0 fully saturated rings. The van der Waals surface area contributed by atoms with Crippen LogP contribution in [0.25, 0.3) is 0 Å². The van der Waals surface area contributed by atoms with Crippen LogP contribution in [0.2, 0.25) is 0 Å². The molecule has 0 bridgehead atoms. The van der Waals surface area contributed by atoms with E-state index >= 15 is 0 Å². The van der Waals surface area contributed by atoms with Gasteiger partial charge in [-0.15, -0.1) is 0 Å².